The molecule has 8 heteroatoms. The minimum atomic E-state index is -3.63. The fraction of sp³-hybridized carbons (Fsp3) is 0.429. The smallest absolute Gasteiger partial charge is 0.246 e. The molecule has 0 saturated carbocycles. The van der Waals surface area contributed by atoms with E-state index in [0.29, 0.717) is 35.9 Å². The second kappa shape index (κ2) is 8.51. The summed E-state index contributed by atoms with van der Waals surface area (Å²) in [5.41, 5.74) is 3.30. The molecular formula is C21H28N4O3S. The molecule has 0 aliphatic carbocycles. The van der Waals surface area contributed by atoms with Gasteiger partial charge < -0.3 is 4.90 Å². The Morgan fingerprint density at radius 2 is 1.69 bits per heavy atom. The lowest BCUT2D eigenvalue weighted by Crippen LogP contribution is -2.50. The van der Waals surface area contributed by atoms with Gasteiger partial charge >= 0.3 is 0 Å². The Kier molecular flexibility index (Phi) is 6.24. The van der Waals surface area contributed by atoms with E-state index in [9.17, 15) is 13.2 Å². The van der Waals surface area contributed by atoms with Gasteiger partial charge in [-0.1, -0.05) is 29.8 Å². The lowest BCUT2D eigenvalue weighted by atomic mass is 10.1. The van der Waals surface area contributed by atoms with Gasteiger partial charge in [-0.05, 0) is 39.3 Å². The van der Waals surface area contributed by atoms with Gasteiger partial charge in [-0.3, -0.25) is 9.48 Å². The molecule has 0 spiro atoms. The minimum Gasteiger partial charge on any atom is -0.337 e. The number of amides is 1. The van der Waals surface area contributed by atoms with Crippen molar-refractivity contribution in [2.45, 2.75) is 39.1 Å². The summed E-state index contributed by atoms with van der Waals surface area (Å²) < 4.78 is 29.4. The van der Waals surface area contributed by atoms with Crippen molar-refractivity contribution in [2.75, 3.05) is 26.2 Å². The zero-order valence-corrected chi connectivity index (χ0v) is 18.2. The third kappa shape index (κ3) is 4.43. The third-order valence-electron chi connectivity index (χ3n) is 5.26. The van der Waals surface area contributed by atoms with Crippen molar-refractivity contribution in [3.05, 3.63) is 52.9 Å². The van der Waals surface area contributed by atoms with Crippen molar-refractivity contribution in [3.63, 3.8) is 0 Å². The Hall–Kier alpha value is -2.45. The maximum atomic E-state index is 13.1. The van der Waals surface area contributed by atoms with E-state index in [1.54, 1.807) is 35.6 Å². The second-order valence-corrected chi connectivity index (χ2v) is 9.16. The van der Waals surface area contributed by atoms with E-state index >= 15 is 0 Å². The molecule has 1 aromatic carbocycles. The molecule has 1 fully saturated rings. The van der Waals surface area contributed by atoms with Crippen LogP contribution in [-0.2, 0) is 21.4 Å². The van der Waals surface area contributed by atoms with E-state index in [0.717, 1.165) is 5.56 Å². The maximum absolute atomic E-state index is 13.1. The summed E-state index contributed by atoms with van der Waals surface area (Å²) in [6.07, 6.45) is 3.34. The predicted octanol–water partition coefficient (Wildman–Crippen LogP) is 2.37. The second-order valence-electron chi connectivity index (χ2n) is 7.29. The summed E-state index contributed by atoms with van der Waals surface area (Å²) in [6, 6.07) is 7.92. The molecular weight excluding hydrogens is 388 g/mol. The predicted molar refractivity (Wildman–Crippen MR) is 113 cm³/mol. The van der Waals surface area contributed by atoms with Crippen molar-refractivity contribution in [2.24, 2.45) is 0 Å². The van der Waals surface area contributed by atoms with Gasteiger partial charge in [0.25, 0.3) is 0 Å². The Morgan fingerprint density at radius 1 is 1.07 bits per heavy atom. The molecule has 0 atom stereocenters. The molecule has 1 aliphatic rings. The Balaban J connectivity index is 1.66. The van der Waals surface area contributed by atoms with E-state index in [1.807, 2.05) is 38.1 Å². The summed E-state index contributed by atoms with van der Waals surface area (Å²) in [5, 5.41) is 4.33. The van der Waals surface area contributed by atoms with Crippen molar-refractivity contribution < 1.29 is 13.2 Å². The molecule has 0 N–H and O–H groups in total. The van der Waals surface area contributed by atoms with E-state index in [1.165, 1.54) is 9.87 Å². The lowest BCUT2D eigenvalue weighted by Gasteiger charge is -2.33. The lowest BCUT2D eigenvalue weighted by molar-refractivity contribution is -0.127. The van der Waals surface area contributed by atoms with Gasteiger partial charge in [0, 0.05) is 38.8 Å². The summed E-state index contributed by atoms with van der Waals surface area (Å²) >= 11 is 0. The SMILES string of the molecule is CCn1nc(C)c(S(=O)(=O)N2CCN(C(=O)/C=C/c3ccc(C)cc3)CC2)c1C. The van der Waals surface area contributed by atoms with Gasteiger partial charge in [0.15, 0.2) is 0 Å². The molecule has 156 valence electrons. The molecule has 0 bridgehead atoms. The van der Waals surface area contributed by atoms with Crippen LogP contribution < -0.4 is 0 Å². The number of piperazine rings is 1. The van der Waals surface area contributed by atoms with Crippen molar-refractivity contribution in [1.82, 2.24) is 19.0 Å². The summed E-state index contributed by atoms with van der Waals surface area (Å²) in [5.74, 6) is -0.103. The summed E-state index contributed by atoms with van der Waals surface area (Å²) in [4.78, 5) is 14.4. The first-order valence-corrected chi connectivity index (χ1v) is 11.3. The number of sulfonamides is 1. The number of benzene rings is 1. The molecule has 2 heterocycles. The van der Waals surface area contributed by atoms with Gasteiger partial charge in [0.1, 0.15) is 4.90 Å². The first-order chi connectivity index (χ1) is 13.7. The summed E-state index contributed by atoms with van der Waals surface area (Å²) in [7, 11) is -3.63. The van der Waals surface area contributed by atoms with E-state index in [2.05, 4.69) is 5.10 Å². The molecule has 0 radical (unpaired) electrons. The number of rotatable bonds is 5. The molecule has 1 aromatic heterocycles. The zero-order valence-electron chi connectivity index (χ0n) is 17.4. The minimum absolute atomic E-state index is 0.103. The van der Waals surface area contributed by atoms with Crippen molar-refractivity contribution >= 4 is 22.0 Å². The first kappa shape index (κ1) is 21.3. The van der Waals surface area contributed by atoms with Crippen molar-refractivity contribution in [3.8, 4) is 0 Å². The van der Waals surface area contributed by atoms with E-state index in [-0.39, 0.29) is 19.0 Å². The van der Waals surface area contributed by atoms with Crippen LogP contribution in [0.25, 0.3) is 6.08 Å². The number of hydrogen-bond donors (Lipinski definition) is 0. The van der Waals surface area contributed by atoms with Crippen LogP contribution in [0.4, 0.5) is 0 Å². The molecule has 29 heavy (non-hydrogen) atoms. The van der Waals surface area contributed by atoms with Crippen LogP contribution in [0.3, 0.4) is 0 Å². The van der Waals surface area contributed by atoms with Crippen LogP contribution in [0.2, 0.25) is 0 Å². The van der Waals surface area contributed by atoms with Gasteiger partial charge in [-0.2, -0.15) is 9.40 Å². The number of nitrogens with zero attached hydrogens (tertiary/aromatic N) is 4. The molecule has 0 unspecified atom stereocenters. The average molecular weight is 417 g/mol. The molecule has 1 saturated heterocycles. The third-order valence-corrected chi connectivity index (χ3v) is 7.41. The number of aromatic nitrogens is 2. The average Bonchev–Trinajstić information content (AvgIpc) is 3.01. The highest BCUT2D eigenvalue weighted by Gasteiger charge is 2.33. The fourth-order valence-electron chi connectivity index (χ4n) is 3.59. The molecule has 2 aromatic rings. The Bertz CT molecular complexity index is 1010. The molecule has 3 rings (SSSR count). The maximum Gasteiger partial charge on any atom is 0.246 e. The molecule has 1 aliphatic heterocycles. The van der Waals surface area contributed by atoms with E-state index < -0.39 is 10.0 Å². The number of carbonyl (C=O) groups excluding carboxylic acids is 1. The van der Waals surface area contributed by atoms with Crippen LogP contribution in [0.1, 0.15) is 29.4 Å². The quantitative estimate of drug-likeness (QED) is 0.702. The van der Waals surface area contributed by atoms with Gasteiger partial charge in [-0.15, -0.1) is 0 Å². The highest BCUT2D eigenvalue weighted by molar-refractivity contribution is 7.89. The fourth-order valence-corrected chi connectivity index (χ4v) is 5.39. The van der Waals surface area contributed by atoms with Crippen LogP contribution >= 0.6 is 0 Å². The summed E-state index contributed by atoms with van der Waals surface area (Å²) in [6.45, 7) is 9.39. The van der Waals surface area contributed by atoms with Crippen LogP contribution in [0, 0.1) is 20.8 Å². The Morgan fingerprint density at radius 3 is 2.24 bits per heavy atom. The topological polar surface area (TPSA) is 75.5 Å². The Labute approximate surface area is 172 Å². The van der Waals surface area contributed by atoms with Crippen LogP contribution in [-0.4, -0.2) is 59.5 Å². The van der Waals surface area contributed by atoms with Crippen LogP contribution in [0.5, 0.6) is 0 Å². The van der Waals surface area contributed by atoms with Crippen LogP contribution in [0.15, 0.2) is 35.2 Å². The van der Waals surface area contributed by atoms with Gasteiger partial charge in [0.05, 0.1) is 11.4 Å². The largest absolute Gasteiger partial charge is 0.337 e. The van der Waals surface area contributed by atoms with Gasteiger partial charge in [-0.25, -0.2) is 8.42 Å². The monoisotopic (exact) mass is 416 g/mol. The zero-order chi connectivity index (χ0) is 21.2. The highest BCUT2D eigenvalue weighted by Crippen LogP contribution is 2.24. The number of hydrogen-bond acceptors (Lipinski definition) is 4. The van der Waals surface area contributed by atoms with Gasteiger partial charge in [0.2, 0.25) is 15.9 Å². The molecule has 1 amide bonds. The first-order valence-electron chi connectivity index (χ1n) is 9.82. The highest BCUT2D eigenvalue weighted by atomic mass is 32.2. The van der Waals surface area contributed by atoms with E-state index in [4.69, 9.17) is 0 Å². The normalized spacial score (nSPS) is 15.9. The number of aryl methyl sites for hydroxylation is 3. The number of carbonyl (C=O) groups is 1. The molecule has 7 nitrogen and oxygen atoms in total. The standard InChI is InChI=1S/C21H28N4O3S/c1-5-25-18(4)21(17(3)22-25)29(27,28)24-14-12-23(13-15-24)20(26)11-10-19-8-6-16(2)7-9-19/h6-11H,5,12-15H2,1-4H3/b11-10+. The van der Waals surface area contributed by atoms with Crippen molar-refractivity contribution in [1.29, 1.82) is 0 Å².